The summed E-state index contributed by atoms with van der Waals surface area (Å²) >= 11 is 0. The Bertz CT molecular complexity index is 788. The smallest absolute Gasteiger partial charge is 0.345 e. The first-order chi connectivity index (χ1) is 11.4. The Balaban J connectivity index is 2.06. The molecule has 0 spiro atoms. The van der Waals surface area contributed by atoms with Crippen molar-refractivity contribution in [1.82, 2.24) is 0 Å². The molecule has 2 rings (SSSR count). The lowest BCUT2D eigenvalue weighted by molar-refractivity contribution is -0.385. The van der Waals surface area contributed by atoms with E-state index in [1.54, 1.807) is 18.2 Å². The summed E-state index contributed by atoms with van der Waals surface area (Å²) in [6.45, 7) is 3.28. The van der Waals surface area contributed by atoms with Crippen LogP contribution >= 0.6 is 0 Å². The van der Waals surface area contributed by atoms with Gasteiger partial charge >= 0.3 is 5.97 Å². The van der Waals surface area contributed by atoms with Crippen LogP contribution in [0, 0.1) is 17.0 Å². The number of hydrogen-bond acceptors (Lipinski definition) is 5. The molecule has 0 fully saturated rings. The minimum Gasteiger partial charge on any atom is -0.449 e. The van der Waals surface area contributed by atoms with Crippen molar-refractivity contribution in [1.29, 1.82) is 0 Å². The van der Waals surface area contributed by atoms with E-state index in [4.69, 9.17) is 4.74 Å². The fourth-order valence-electron chi connectivity index (χ4n) is 2.05. The zero-order valence-corrected chi connectivity index (χ0v) is 13.2. The van der Waals surface area contributed by atoms with Crippen LogP contribution in [0.4, 0.5) is 11.4 Å². The van der Waals surface area contributed by atoms with Crippen molar-refractivity contribution in [3.63, 3.8) is 0 Å². The van der Waals surface area contributed by atoms with Crippen molar-refractivity contribution in [2.45, 2.75) is 20.0 Å². The summed E-state index contributed by atoms with van der Waals surface area (Å²) in [5.74, 6) is -1.44. The molecule has 1 unspecified atom stereocenters. The molecular formula is C17H16N2O5. The summed E-state index contributed by atoms with van der Waals surface area (Å²) in [7, 11) is 0. The number of hydrogen-bond donors (Lipinski definition) is 1. The van der Waals surface area contributed by atoms with E-state index in [1.807, 2.05) is 13.0 Å². The Morgan fingerprint density at radius 3 is 2.54 bits per heavy atom. The van der Waals surface area contributed by atoms with Gasteiger partial charge in [0, 0.05) is 11.8 Å². The number of aryl methyl sites for hydroxylation is 1. The minimum atomic E-state index is -1.10. The second-order valence-electron chi connectivity index (χ2n) is 5.18. The van der Waals surface area contributed by atoms with Gasteiger partial charge in [-0.15, -0.1) is 0 Å². The van der Waals surface area contributed by atoms with Gasteiger partial charge in [0.2, 0.25) is 0 Å². The van der Waals surface area contributed by atoms with Crippen LogP contribution in [0.5, 0.6) is 0 Å². The minimum absolute atomic E-state index is 0.197. The summed E-state index contributed by atoms with van der Waals surface area (Å²) in [4.78, 5) is 34.4. The molecule has 0 bridgehead atoms. The van der Waals surface area contributed by atoms with E-state index in [9.17, 15) is 19.7 Å². The molecular weight excluding hydrogens is 312 g/mol. The van der Waals surface area contributed by atoms with E-state index in [2.05, 4.69) is 5.32 Å². The van der Waals surface area contributed by atoms with Crippen LogP contribution in [0.1, 0.15) is 22.8 Å². The Kier molecular flexibility index (Phi) is 5.26. The van der Waals surface area contributed by atoms with Crippen molar-refractivity contribution >= 4 is 23.3 Å². The van der Waals surface area contributed by atoms with Crippen molar-refractivity contribution in [2.24, 2.45) is 0 Å². The van der Waals surface area contributed by atoms with E-state index < -0.39 is 22.9 Å². The lowest BCUT2D eigenvalue weighted by Crippen LogP contribution is -2.30. The number of carbonyl (C=O) groups excluding carboxylic acids is 2. The highest BCUT2D eigenvalue weighted by Gasteiger charge is 2.24. The standard InChI is InChI=1S/C17H16N2O5/c1-11-6-5-7-13(10-11)18-16(20)12(2)24-17(21)14-8-3-4-9-15(14)19(22)23/h3-10,12H,1-2H3,(H,18,20). The largest absolute Gasteiger partial charge is 0.449 e. The number of anilines is 1. The molecule has 7 nitrogen and oxygen atoms in total. The number of nitro groups is 1. The fourth-order valence-corrected chi connectivity index (χ4v) is 2.05. The predicted molar refractivity (Wildman–Crippen MR) is 87.8 cm³/mol. The summed E-state index contributed by atoms with van der Waals surface area (Å²) in [6.07, 6.45) is -1.10. The first kappa shape index (κ1) is 17.1. The summed E-state index contributed by atoms with van der Waals surface area (Å²) in [6, 6.07) is 12.6. The van der Waals surface area contributed by atoms with E-state index in [1.165, 1.54) is 31.2 Å². The van der Waals surface area contributed by atoms with Crippen LogP contribution in [0.3, 0.4) is 0 Å². The molecule has 1 N–H and O–H groups in total. The summed E-state index contributed by atoms with van der Waals surface area (Å²) < 4.78 is 5.04. The van der Waals surface area contributed by atoms with Gasteiger partial charge in [-0.1, -0.05) is 24.3 Å². The zero-order chi connectivity index (χ0) is 17.7. The first-order valence-corrected chi connectivity index (χ1v) is 7.20. The van der Waals surface area contributed by atoms with Crippen molar-refractivity contribution in [2.75, 3.05) is 5.32 Å². The van der Waals surface area contributed by atoms with Crippen LogP contribution in [-0.2, 0) is 9.53 Å². The van der Waals surface area contributed by atoms with Crippen molar-refractivity contribution < 1.29 is 19.2 Å². The number of rotatable bonds is 5. The number of benzene rings is 2. The first-order valence-electron chi connectivity index (χ1n) is 7.20. The molecule has 0 radical (unpaired) electrons. The second kappa shape index (κ2) is 7.36. The molecule has 2 aromatic carbocycles. The fraction of sp³-hybridized carbons (Fsp3) is 0.176. The number of nitrogens with one attached hydrogen (secondary N) is 1. The monoisotopic (exact) mass is 328 g/mol. The number of nitro benzene ring substituents is 1. The van der Waals surface area contributed by atoms with E-state index in [0.717, 1.165) is 5.56 Å². The normalized spacial score (nSPS) is 11.4. The average Bonchev–Trinajstić information content (AvgIpc) is 2.54. The number of amides is 1. The van der Waals surface area contributed by atoms with Crippen molar-refractivity contribution in [3.05, 3.63) is 69.8 Å². The third-order valence-electron chi connectivity index (χ3n) is 3.26. The van der Waals surface area contributed by atoms with Gasteiger partial charge in [0.15, 0.2) is 6.10 Å². The molecule has 7 heteroatoms. The molecule has 0 heterocycles. The third-order valence-corrected chi connectivity index (χ3v) is 3.26. The van der Waals surface area contributed by atoms with Gasteiger partial charge in [0.1, 0.15) is 5.56 Å². The number of carbonyl (C=O) groups is 2. The maximum atomic E-state index is 12.1. The van der Waals surface area contributed by atoms with Crippen LogP contribution in [0.2, 0.25) is 0 Å². The molecule has 0 aliphatic rings. The van der Waals surface area contributed by atoms with Gasteiger partial charge in [0.05, 0.1) is 4.92 Å². The highest BCUT2D eigenvalue weighted by molar-refractivity contribution is 5.98. The molecule has 0 aliphatic carbocycles. The summed E-state index contributed by atoms with van der Waals surface area (Å²) in [5, 5.41) is 13.6. The van der Waals surface area contributed by atoms with Gasteiger partial charge in [0.25, 0.3) is 11.6 Å². The van der Waals surface area contributed by atoms with E-state index in [-0.39, 0.29) is 11.3 Å². The van der Waals surface area contributed by atoms with Gasteiger partial charge in [-0.2, -0.15) is 0 Å². The molecule has 0 aliphatic heterocycles. The van der Waals surface area contributed by atoms with Gasteiger partial charge in [-0.05, 0) is 37.6 Å². The Hall–Kier alpha value is -3.22. The quantitative estimate of drug-likeness (QED) is 0.516. The maximum Gasteiger partial charge on any atom is 0.345 e. The number of ether oxygens (including phenoxy) is 1. The SMILES string of the molecule is Cc1cccc(NC(=O)C(C)OC(=O)c2ccccc2[N+](=O)[O-])c1. The van der Waals surface area contributed by atoms with E-state index in [0.29, 0.717) is 5.69 Å². The number of esters is 1. The lowest BCUT2D eigenvalue weighted by Gasteiger charge is -2.14. The highest BCUT2D eigenvalue weighted by atomic mass is 16.6. The molecule has 0 saturated carbocycles. The van der Waals surface area contributed by atoms with E-state index >= 15 is 0 Å². The number of para-hydroxylation sites is 1. The Morgan fingerprint density at radius 1 is 1.17 bits per heavy atom. The number of nitrogens with zero attached hydrogens (tertiary/aromatic N) is 1. The van der Waals surface area contributed by atoms with Crippen LogP contribution in [0.25, 0.3) is 0 Å². The predicted octanol–water partition coefficient (Wildman–Crippen LogP) is 3.09. The van der Waals surface area contributed by atoms with Gasteiger partial charge in [-0.3, -0.25) is 14.9 Å². The Morgan fingerprint density at radius 2 is 1.88 bits per heavy atom. The Labute approximate surface area is 138 Å². The molecule has 124 valence electrons. The molecule has 24 heavy (non-hydrogen) atoms. The summed E-state index contributed by atoms with van der Waals surface area (Å²) in [5.41, 5.74) is 0.984. The van der Waals surface area contributed by atoms with Crippen LogP contribution < -0.4 is 5.32 Å². The zero-order valence-electron chi connectivity index (χ0n) is 13.2. The third kappa shape index (κ3) is 4.16. The van der Waals surface area contributed by atoms with Crippen molar-refractivity contribution in [3.8, 4) is 0 Å². The molecule has 0 saturated heterocycles. The second-order valence-corrected chi connectivity index (χ2v) is 5.18. The molecule has 1 atom stereocenters. The molecule has 2 aromatic rings. The maximum absolute atomic E-state index is 12.1. The van der Waals surface area contributed by atoms with Gasteiger partial charge in [-0.25, -0.2) is 4.79 Å². The topological polar surface area (TPSA) is 98.5 Å². The molecule has 0 aromatic heterocycles. The van der Waals surface area contributed by atoms with Crippen LogP contribution in [-0.4, -0.2) is 22.9 Å². The average molecular weight is 328 g/mol. The highest BCUT2D eigenvalue weighted by Crippen LogP contribution is 2.19. The molecule has 1 amide bonds. The van der Waals surface area contributed by atoms with Crippen LogP contribution in [0.15, 0.2) is 48.5 Å². The van der Waals surface area contributed by atoms with Gasteiger partial charge < -0.3 is 10.1 Å². The lowest BCUT2D eigenvalue weighted by atomic mass is 10.2.